The van der Waals surface area contributed by atoms with Crippen molar-refractivity contribution in [3.05, 3.63) is 30.6 Å². The first-order valence-electron chi connectivity index (χ1n) is 3.48. The number of hydrogen-bond donors (Lipinski definition) is 0. The first kappa shape index (κ1) is 10.0. The largest absolute Gasteiger partial charge is 0.302 e. The SMILES string of the molecule is O=[N+]([O-])c1c(Br)ccc2nc(Br)sc12. The van der Waals surface area contributed by atoms with E-state index in [0.717, 1.165) is 0 Å². The maximum Gasteiger partial charge on any atom is 0.302 e. The van der Waals surface area contributed by atoms with Gasteiger partial charge in [-0.05, 0) is 44.0 Å². The Kier molecular flexibility index (Phi) is 2.54. The van der Waals surface area contributed by atoms with Crippen LogP contribution in [0, 0.1) is 10.1 Å². The number of nitro benzene ring substituents is 1. The highest BCUT2D eigenvalue weighted by Gasteiger charge is 2.19. The van der Waals surface area contributed by atoms with Crippen molar-refractivity contribution in [2.24, 2.45) is 0 Å². The molecule has 0 spiro atoms. The number of halogens is 2. The number of nitro groups is 1. The number of aromatic nitrogens is 1. The Morgan fingerprint density at radius 3 is 2.79 bits per heavy atom. The second-order valence-corrected chi connectivity index (χ2v) is 5.60. The molecule has 0 fully saturated rings. The molecular weight excluding hydrogens is 336 g/mol. The number of fused-ring (bicyclic) bond motifs is 1. The Balaban J connectivity index is 2.88. The van der Waals surface area contributed by atoms with Crippen LogP contribution in [0.1, 0.15) is 0 Å². The third-order valence-electron chi connectivity index (χ3n) is 1.64. The van der Waals surface area contributed by atoms with E-state index in [4.69, 9.17) is 0 Å². The van der Waals surface area contributed by atoms with Gasteiger partial charge in [-0.15, -0.1) is 0 Å². The molecule has 0 radical (unpaired) electrons. The fourth-order valence-electron chi connectivity index (χ4n) is 1.10. The minimum atomic E-state index is -0.406. The quantitative estimate of drug-likeness (QED) is 0.588. The van der Waals surface area contributed by atoms with Gasteiger partial charge >= 0.3 is 5.69 Å². The minimum absolute atomic E-state index is 0.0747. The molecule has 0 saturated heterocycles. The lowest BCUT2D eigenvalue weighted by molar-refractivity contribution is -0.383. The molecule has 4 nitrogen and oxygen atoms in total. The molecule has 0 aliphatic heterocycles. The first-order chi connectivity index (χ1) is 6.59. The summed E-state index contributed by atoms with van der Waals surface area (Å²) in [7, 11) is 0. The Labute approximate surface area is 99.4 Å². The standard InChI is InChI=1S/C7H2Br2N2O2S/c8-3-1-2-4-6(5(3)11(12)13)14-7(9)10-4/h1-2H. The van der Waals surface area contributed by atoms with Gasteiger partial charge in [-0.25, -0.2) is 4.98 Å². The maximum absolute atomic E-state index is 10.8. The van der Waals surface area contributed by atoms with Crippen LogP contribution in [0.3, 0.4) is 0 Å². The molecule has 0 aliphatic carbocycles. The van der Waals surface area contributed by atoms with Crippen molar-refractivity contribution in [2.75, 3.05) is 0 Å². The van der Waals surface area contributed by atoms with E-state index in [0.29, 0.717) is 18.6 Å². The third kappa shape index (κ3) is 1.55. The third-order valence-corrected chi connectivity index (χ3v) is 3.81. The number of benzene rings is 1. The average Bonchev–Trinajstić information content (AvgIpc) is 2.43. The van der Waals surface area contributed by atoms with Crippen LogP contribution in [-0.4, -0.2) is 9.91 Å². The molecule has 1 aromatic heterocycles. The van der Waals surface area contributed by atoms with Crippen molar-refractivity contribution < 1.29 is 4.92 Å². The molecule has 2 aromatic rings. The maximum atomic E-state index is 10.8. The van der Waals surface area contributed by atoms with Gasteiger partial charge in [0, 0.05) is 0 Å². The Morgan fingerprint density at radius 2 is 2.14 bits per heavy atom. The Hall–Kier alpha value is -0.530. The van der Waals surface area contributed by atoms with Gasteiger partial charge in [0.05, 0.1) is 14.9 Å². The van der Waals surface area contributed by atoms with Crippen LogP contribution < -0.4 is 0 Å². The summed E-state index contributed by atoms with van der Waals surface area (Å²) >= 11 is 7.61. The summed E-state index contributed by atoms with van der Waals surface area (Å²) < 4.78 is 1.70. The Morgan fingerprint density at radius 1 is 1.43 bits per heavy atom. The lowest BCUT2D eigenvalue weighted by Gasteiger charge is -1.94. The van der Waals surface area contributed by atoms with E-state index >= 15 is 0 Å². The van der Waals surface area contributed by atoms with Gasteiger partial charge in [0.2, 0.25) is 0 Å². The number of nitrogens with zero attached hydrogens (tertiary/aromatic N) is 2. The van der Waals surface area contributed by atoms with Crippen LogP contribution in [0.15, 0.2) is 20.5 Å². The highest BCUT2D eigenvalue weighted by Crippen LogP contribution is 2.38. The summed E-state index contributed by atoms with van der Waals surface area (Å²) in [5, 5.41) is 10.8. The zero-order valence-electron chi connectivity index (χ0n) is 6.53. The van der Waals surface area contributed by atoms with Crippen molar-refractivity contribution in [3.63, 3.8) is 0 Å². The summed E-state index contributed by atoms with van der Waals surface area (Å²) in [4.78, 5) is 14.5. The lowest BCUT2D eigenvalue weighted by atomic mass is 10.3. The van der Waals surface area contributed by atoms with Crippen molar-refractivity contribution in [3.8, 4) is 0 Å². The topological polar surface area (TPSA) is 56.0 Å². The molecule has 7 heteroatoms. The lowest BCUT2D eigenvalue weighted by Crippen LogP contribution is -1.89. The molecule has 14 heavy (non-hydrogen) atoms. The molecule has 0 unspecified atom stereocenters. The van der Waals surface area contributed by atoms with Gasteiger partial charge in [0.25, 0.3) is 0 Å². The molecule has 0 aliphatic rings. The molecule has 72 valence electrons. The van der Waals surface area contributed by atoms with Crippen LogP contribution in [0.25, 0.3) is 10.2 Å². The van der Waals surface area contributed by atoms with E-state index in [-0.39, 0.29) is 5.69 Å². The normalized spacial score (nSPS) is 10.7. The van der Waals surface area contributed by atoms with Gasteiger partial charge in [-0.3, -0.25) is 10.1 Å². The average molecular weight is 338 g/mol. The van der Waals surface area contributed by atoms with Crippen LogP contribution in [0.2, 0.25) is 0 Å². The first-order valence-corrected chi connectivity index (χ1v) is 5.89. The summed E-state index contributed by atoms with van der Waals surface area (Å²) in [5.41, 5.74) is 0.711. The second kappa shape index (κ2) is 3.56. The van der Waals surface area contributed by atoms with Gasteiger partial charge in [-0.2, -0.15) is 0 Å². The number of thiazole rings is 1. The van der Waals surface area contributed by atoms with E-state index in [1.165, 1.54) is 11.3 Å². The van der Waals surface area contributed by atoms with Gasteiger partial charge in [-0.1, -0.05) is 11.3 Å². The summed E-state index contributed by atoms with van der Waals surface area (Å²) in [5.74, 6) is 0. The van der Waals surface area contributed by atoms with Crippen LogP contribution in [-0.2, 0) is 0 Å². The molecule has 0 atom stereocenters. The minimum Gasteiger partial charge on any atom is -0.258 e. The van der Waals surface area contributed by atoms with Crippen molar-refractivity contribution in [1.29, 1.82) is 0 Å². The van der Waals surface area contributed by atoms with E-state index in [1.807, 2.05) is 0 Å². The summed E-state index contributed by atoms with van der Waals surface area (Å²) in [6, 6.07) is 3.38. The molecule has 0 amide bonds. The van der Waals surface area contributed by atoms with Gasteiger partial charge in [0.15, 0.2) is 3.92 Å². The zero-order chi connectivity index (χ0) is 10.3. The van der Waals surface area contributed by atoms with E-state index in [2.05, 4.69) is 36.8 Å². The number of hydrogen-bond acceptors (Lipinski definition) is 4. The van der Waals surface area contributed by atoms with Crippen molar-refractivity contribution in [1.82, 2.24) is 4.98 Å². The molecule has 2 rings (SSSR count). The smallest absolute Gasteiger partial charge is 0.258 e. The highest BCUT2D eigenvalue weighted by molar-refractivity contribution is 9.11. The highest BCUT2D eigenvalue weighted by atomic mass is 79.9. The van der Waals surface area contributed by atoms with Crippen LogP contribution in [0.5, 0.6) is 0 Å². The predicted molar refractivity (Wildman–Crippen MR) is 61.7 cm³/mol. The van der Waals surface area contributed by atoms with Crippen LogP contribution in [0.4, 0.5) is 5.69 Å². The molecular formula is C7H2Br2N2O2S. The van der Waals surface area contributed by atoms with E-state index < -0.39 is 4.92 Å². The molecule has 0 saturated carbocycles. The summed E-state index contributed by atoms with van der Waals surface area (Å²) in [6.45, 7) is 0. The van der Waals surface area contributed by atoms with Crippen LogP contribution >= 0.6 is 43.2 Å². The predicted octanol–water partition coefficient (Wildman–Crippen LogP) is 3.73. The van der Waals surface area contributed by atoms with Crippen molar-refractivity contribution in [2.45, 2.75) is 0 Å². The van der Waals surface area contributed by atoms with E-state index in [9.17, 15) is 10.1 Å². The second-order valence-electron chi connectivity index (χ2n) is 2.47. The number of rotatable bonds is 1. The molecule has 1 heterocycles. The fraction of sp³-hybridized carbons (Fsp3) is 0. The molecule has 0 N–H and O–H groups in total. The Bertz CT molecular complexity index is 526. The van der Waals surface area contributed by atoms with E-state index in [1.54, 1.807) is 12.1 Å². The monoisotopic (exact) mass is 336 g/mol. The van der Waals surface area contributed by atoms with Crippen molar-refractivity contribution >= 4 is 59.1 Å². The summed E-state index contributed by atoms with van der Waals surface area (Å²) in [6.07, 6.45) is 0. The fourth-order valence-corrected chi connectivity index (χ4v) is 3.19. The molecule has 0 bridgehead atoms. The van der Waals surface area contributed by atoms with Gasteiger partial charge < -0.3 is 0 Å². The zero-order valence-corrected chi connectivity index (χ0v) is 10.5. The van der Waals surface area contributed by atoms with Gasteiger partial charge in [0.1, 0.15) is 4.70 Å². The molecule has 1 aromatic carbocycles.